The Labute approximate surface area is 157 Å². The SMILES string of the molecule is CCCc1cc(N2CCN(c3ccc(N)c(CCC)c3)CC2)ccc1N. The Morgan fingerprint density at radius 3 is 1.42 bits per heavy atom. The first kappa shape index (κ1) is 18.4. The van der Waals surface area contributed by atoms with E-state index in [0.29, 0.717) is 0 Å². The highest BCUT2D eigenvalue weighted by Gasteiger charge is 2.18. The molecule has 0 saturated carbocycles. The van der Waals surface area contributed by atoms with Crippen molar-refractivity contribution in [1.29, 1.82) is 0 Å². The van der Waals surface area contributed by atoms with Gasteiger partial charge in [0.1, 0.15) is 0 Å². The minimum atomic E-state index is 0.916. The van der Waals surface area contributed by atoms with Crippen molar-refractivity contribution in [2.75, 3.05) is 47.4 Å². The van der Waals surface area contributed by atoms with Crippen molar-refractivity contribution in [2.24, 2.45) is 0 Å². The lowest BCUT2D eigenvalue weighted by atomic mass is 10.1. The number of benzene rings is 2. The fourth-order valence-electron chi connectivity index (χ4n) is 3.77. The second-order valence-corrected chi connectivity index (χ2v) is 7.24. The molecule has 0 aromatic heterocycles. The fourth-order valence-corrected chi connectivity index (χ4v) is 3.77. The average molecular weight is 353 g/mol. The van der Waals surface area contributed by atoms with Crippen LogP contribution in [-0.4, -0.2) is 26.2 Å². The highest BCUT2D eigenvalue weighted by Crippen LogP contribution is 2.27. The molecule has 26 heavy (non-hydrogen) atoms. The normalized spacial score (nSPS) is 14.7. The van der Waals surface area contributed by atoms with Crippen LogP contribution in [0.3, 0.4) is 0 Å². The minimum absolute atomic E-state index is 0.916. The maximum atomic E-state index is 6.12. The molecule has 1 aliphatic heterocycles. The number of nitrogen functional groups attached to an aromatic ring is 2. The molecule has 1 saturated heterocycles. The van der Waals surface area contributed by atoms with E-state index in [2.05, 4.69) is 60.0 Å². The van der Waals surface area contributed by atoms with Crippen LogP contribution in [0.4, 0.5) is 22.7 Å². The van der Waals surface area contributed by atoms with Crippen LogP contribution < -0.4 is 21.3 Å². The summed E-state index contributed by atoms with van der Waals surface area (Å²) in [4.78, 5) is 4.94. The minimum Gasteiger partial charge on any atom is -0.399 e. The molecule has 0 spiro atoms. The van der Waals surface area contributed by atoms with Gasteiger partial charge in [0.05, 0.1) is 0 Å². The van der Waals surface area contributed by atoms with E-state index in [1.54, 1.807) is 0 Å². The average Bonchev–Trinajstić information content (AvgIpc) is 2.66. The zero-order valence-corrected chi connectivity index (χ0v) is 16.2. The summed E-state index contributed by atoms with van der Waals surface area (Å²) in [6, 6.07) is 13.0. The van der Waals surface area contributed by atoms with Crippen LogP contribution in [0.25, 0.3) is 0 Å². The summed E-state index contributed by atoms with van der Waals surface area (Å²) in [5, 5.41) is 0. The highest BCUT2D eigenvalue weighted by molar-refractivity contribution is 5.61. The molecule has 2 aromatic carbocycles. The molecule has 0 unspecified atom stereocenters. The van der Waals surface area contributed by atoms with Crippen molar-refractivity contribution in [3.8, 4) is 0 Å². The molecule has 3 rings (SSSR count). The lowest BCUT2D eigenvalue weighted by Gasteiger charge is -2.38. The third-order valence-corrected chi connectivity index (χ3v) is 5.30. The molecular formula is C22H32N4. The predicted octanol–water partition coefficient (Wildman–Crippen LogP) is 4.08. The second-order valence-electron chi connectivity index (χ2n) is 7.24. The smallest absolute Gasteiger partial charge is 0.0371 e. The lowest BCUT2D eigenvalue weighted by molar-refractivity contribution is 0.653. The van der Waals surface area contributed by atoms with Gasteiger partial charge in [0, 0.05) is 48.9 Å². The van der Waals surface area contributed by atoms with Gasteiger partial charge in [0.15, 0.2) is 0 Å². The Hall–Kier alpha value is -2.36. The first-order chi connectivity index (χ1) is 12.6. The maximum absolute atomic E-state index is 6.12. The molecule has 2 aromatic rings. The van der Waals surface area contributed by atoms with Gasteiger partial charge in [-0.25, -0.2) is 0 Å². The van der Waals surface area contributed by atoms with E-state index in [1.807, 2.05) is 0 Å². The van der Waals surface area contributed by atoms with Gasteiger partial charge in [-0.3, -0.25) is 0 Å². The number of hydrogen-bond donors (Lipinski definition) is 2. The molecule has 1 aliphatic rings. The lowest BCUT2D eigenvalue weighted by Crippen LogP contribution is -2.46. The molecule has 4 nitrogen and oxygen atoms in total. The molecule has 4 N–H and O–H groups in total. The Morgan fingerprint density at radius 1 is 0.692 bits per heavy atom. The molecule has 140 valence electrons. The number of hydrogen-bond acceptors (Lipinski definition) is 4. The Bertz CT molecular complexity index is 669. The Kier molecular flexibility index (Phi) is 5.92. The molecule has 0 radical (unpaired) electrons. The van der Waals surface area contributed by atoms with E-state index < -0.39 is 0 Å². The van der Waals surface area contributed by atoms with Crippen LogP contribution in [-0.2, 0) is 12.8 Å². The topological polar surface area (TPSA) is 58.5 Å². The molecule has 1 heterocycles. The molecular weight excluding hydrogens is 320 g/mol. The Balaban J connectivity index is 1.68. The van der Waals surface area contributed by atoms with Gasteiger partial charge in [-0.05, 0) is 60.4 Å². The number of anilines is 4. The quantitative estimate of drug-likeness (QED) is 0.769. The summed E-state index contributed by atoms with van der Waals surface area (Å²) in [6.07, 6.45) is 4.34. The van der Waals surface area contributed by atoms with Gasteiger partial charge < -0.3 is 21.3 Å². The molecule has 0 bridgehead atoms. The fraction of sp³-hybridized carbons (Fsp3) is 0.455. The summed E-state index contributed by atoms with van der Waals surface area (Å²) in [7, 11) is 0. The van der Waals surface area contributed by atoms with Crippen LogP contribution >= 0.6 is 0 Å². The first-order valence-corrected chi connectivity index (χ1v) is 9.89. The zero-order chi connectivity index (χ0) is 18.5. The van der Waals surface area contributed by atoms with Gasteiger partial charge in [-0.2, -0.15) is 0 Å². The van der Waals surface area contributed by atoms with E-state index in [0.717, 1.165) is 63.2 Å². The third kappa shape index (κ3) is 4.06. The van der Waals surface area contributed by atoms with Crippen molar-refractivity contribution < 1.29 is 0 Å². The standard InChI is InChI=1S/C22H32N4/c1-3-5-17-15-19(7-9-21(17)23)25-11-13-26(14-12-25)20-8-10-22(24)18(16-20)6-4-2/h7-10,15-16H,3-6,11-14,23-24H2,1-2H3. The van der Waals surface area contributed by atoms with Crippen LogP contribution in [0.15, 0.2) is 36.4 Å². The third-order valence-electron chi connectivity index (χ3n) is 5.30. The molecule has 1 fully saturated rings. The Morgan fingerprint density at radius 2 is 1.08 bits per heavy atom. The number of rotatable bonds is 6. The molecule has 4 heteroatoms. The van der Waals surface area contributed by atoms with Crippen molar-refractivity contribution in [2.45, 2.75) is 39.5 Å². The number of nitrogens with two attached hydrogens (primary N) is 2. The van der Waals surface area contributed by atoms with Gasteiger partial charge in [0.2, 0.25) is 0 Å². The first-order valence-electron chi connectivity index (χ1n) is 9.89. The number of piperazine rings is 1. The van der Waals surface area contributed by atoms with Crippen LogP contribution in [0.1, 0.15) is 37.8 Å². The summed E-state index contributed by atoms with van der Waals surface area (Å²) >= 11 is 0. The van der Waals surface area contributed by atoms with Gasteiger partial charge in [0.25, 0.3) is 0 Å². The van der Waals surface area contributed by atoms with Crippen molar-refractivity contribution in [3.05, 3.63) is 47.5 Å². The summed E-state index contributed by atoms with van der Waals surface area (Å²) < 4.78 is 0. The van der Waals surface area contributed by atoms with E-state index in [1.165, 1.54) is 22.5 Å². The number of nitrogens with zero attached hydrogens (tertiary/aromatic N) is 2. The van der Waals surface area contributed by atoms with Gasteiger partial charge in [-0.15, -0.1) is 0 Å². The maximum Gasteiger partial charge on any atom is 0.0371 e. The second kappa shape index (κ2) is 8.35. The van der Waals surface area contributed by atoms with Gasteiger partial charge >= 0.3 is 0 Å². The molecule has 0 amide bonds. The van der Waals surface area contributed by atoms with Crippen LogP contribution in [0, 0.1) is 0 Å². The van der Waals surface area contributed by atoms with E-state index in [4.69, 9.17) is 11.5 Å². The van der Waals surface area contributed by atoms with Crippen molar-refractivity contribution >= 4 is 22.7 Å². The largest absolute Gasteiger partial charge is 0.399 e. The summed E-state index contributed by atoms with van der Waals surface area (Å²) in [5.41, 5.74) is 19.2. The number of aryl methyl sites for hydroxylation is 2. The monoisotopic (exact) mass is 352 g/mol. The van der Waals surface area contributed by atoms with Crippen LogP contribution in [0.5, 0.6) is 0 Å². The highest BCUT2D eigenvalue weighted by atomic mass is 15.3. The molecule has 0 atom stereocenters. The zero-order valence-electron chi connectivity index (χ0n) is 16.2. The summed E-state index contributed by atoms with van der Waals surface area (Å²) in [5.74, 6) is 0. The van der Waals surface area contributed by atoms with Crippen molar-refractivity contribution in [3.63, 3.8) is 0 Å². The van der Waals surface area contributed by atoms with Crippen LogP contribution in [0.2, 0.25) is 0 Å². The molecule has 0 aliphatic carbocycles. The van der Waals surface area contributed by atoms with E-state index >= 15 is 0 Å². The van der Waals surface area contributed by atoms with Gasteiger partial charge in [-0.1, -0.05) is 26.7 Å². The van der Waals surface area contributed by atoms with E-state index in [9.17, 15) is 0 Å². The predicted molar refractivity (Wildman–Crippen MR) is 114 cm³/mol. The van der Waals surface area contributed by atoms with Crippen molar-refractivity contribution in [1.82, 2.24) is 0 Å². The summed E-state index contributed by atoms with van der Waals surface area (Å²) in [6.45, 7) is 8.52. The van der Waals surface area contributed by atoms with E-state index in [-0.39, 0.29) is 0 Å².